The third kappa shape index (κ3) is 3.65. The summed E-state index contributed by atoms with van der Waals surface area (Å²) in [7, 11) is 0. The highest BCUT2D eigenvalue weighted by molar-refractivity contribution is 4.93. The minimum absolute atomic E-state index is 0.667. The average Bonchev–Trinajstić information content (AvgIpc) is 2.55. The van der Waals surface area contributed by atoms with Crippen LogP contribution < -0.4 is 0 Å². The Labute approximate surface area is 130 Å². The highest BCUT2D eigenvalue weighted by atomic mass is 16.7. The molecule has 2 rings (SSSR count). The average molecular weight is 342 g/mol. The molecular formula is C12H22O11. The van der Waals surface area contributed by atoms with Crippen molar-refractivity contribution in [2.75, 3.05) is 13.2 Å². The van der Waals surface area contributed by atoms with Gasteiger partial charge in [-0.1, -0.05) is 0 Å². The van der Waals surface area contributed by atoms with Crippen LogP contribution in [0.3, 0.4) is 0 Å². The number of ether oxygens (including phenoxy) is 3. The Hall–Kier alpha value is -0.440. The maximum Gasteiger partial charge on any atom is 0.187 e. The molecule has 0 aromatic heterocycles. The monoisotopic (exact) mass is 342 g/mol. The van der Waals surface area contributed by atoms with E-state index in [1.54, 1.807) is 0 Å². The van der Waals surface area contributed by atoms with Gasteiger partial charge in [0.1, 0.15) is 48.8 Å². The van der Waals surface area contributed by atoms with Gasteiger partial charge in [-0.25, -0.2) is 0 Å². The zero-order valence-corrected chi connectivity index (χ0v) is 12.0. The third-order valence-corrected chi connectivity index (χ3v) is 3.98. The van der Waals surface area contributed by atoms with Crippen LogP contribution in [0.5, 0.6) is 0 Å². The van der Waals surface area contributed by atoms with Gasteiger partial charge in [-0.15, -0.1) is 0 Å². The van der Waals surface area contributed by atoms with Gasteiger partial charge in [0.05, 0.1) is 13.2 Å². The van der Waals surface area contributed by atoms with E-state index < -0.39 is 74.6 Å². The summed E-state index contributed by atoms with van der Waals surface area (Å²) in [5, 5.41) is 76.5. The van der Waals surface area contributed by atoms with Crippen molar-refractivity contribution >= 4 is 0 Å². The smallest absolute Gasteiger partial charge is 0.187 e. The van der Waals surface area contributed by atoms with Crippen molar-refractivity contribution in [2.45, 2.75) is 61.4 Å². The SMILES string of the molecule is OCC1O[C@@H](O[C@H]2C(O)C(O)[C@H](O)O[C@H]2CO)C(O)C(O)[C@@H]1O. The van der Waals surface area contributed by atoms with Crippen LogP contribution in [-0.2, 0) is 14.2 Å². The summed E-state index contributed by atoms with van der Waals surface area (Å²) in [5.74, 6) is 0. The van der Waals surface area contributed by atoms with E-state index >= 15 is 0 Å². The van der Waals surface area contributed by atoms with Gasteiger partial charge >= 0.3 is 0 Å². The van der Waals surface area contributed by atoms with Crippen LogP contribution in [0.2, 0.25) is 0 Å². The fourth-order valence-electron chi connectivity index (χ4n) is 2.57. The number of hydrogen-bond acceptors (Lipinski definition) is 11. The molecule has 0 bridgehead atoms. The van der Waals surface area contributed by atoms with Gasteiger partial charge in [-0.3, -0.25) is 0 Å². The first kappa shape index (κ1) is 18.9. The zero-order chi connectivity index (χ0) is 17.3. The van der Waals surface area contributed by atoms with Gasteiger partial charge in [-0.2, -0.15) is 0 Å². The topological polar surface area (TPSA) is 190 Å². The first-order valence-electron chi connectivity index (χ1n) is 7.08. The second-order valence-electron chi connectivity index (χ2n) is 5.53. The summed E-state index contributed by atoms with van der Waals surface area (Å²) in [5.41, 5.74) is 0. The lowest BCUT2D eigenvalue weighted by molar-refractivity contribution is -0.355. The van der Waals surface area contributed by atoms with Crippen molar-refractivity contribution in [3.63, 3.8) is 0 Å². The molecule has 8 N–H and O–H groups in total. The second-order valence-corrected chi connectivity index (χ2v) is 5.53. The lowest BCUT2D eigenvalue weighted by Crippen LogP contribution is -2.64. The van der Waals surface area contributed by atoms with E-state index in [1.165, 1.54) is 0 Å². The van der Waals surface area contributed by atoms with E-state index in [2.05, 4.69) is 0 Å². The highest BCUT2D eigenvalue weighted by Crippen LogP contribution is 2.28. The molecule has 2 aliphatic heterocycles. The molecule has 5 unspecified atom stereocenters. The van der Waals surface area contributed by atoms with Crippen LogP contribution in [0.25, 0.3) is 0 Å². The van der Waals surface area contributed by atoms with Gasteiger partial charge < -0.3 is 55.1 Å². The standard InChI is InChI=1S/C12H22O11/c13-1-3-5(15)6(16)9(19)12(22-3)23-10-4(2-14)21-11(20)8(18)7(10)17/h3-20H,1-2H2/t3?,4-,5+,6?,7?,8?,9?,10+,11+,12-/m0/s1. The molecule has 11 heteroatoms. The van der Waals surface area contributed by atoms with Crippen molar-refractivity contribution in [1.82, 2.24) is 0 Å². The molecule has 136 valence electrons. The normalized spacial score (nSPS) is 51.7. The maximum absolute atomic E-state index is 9.94. The van der Waals surface area contributed by atoms with Crippen LogP contribution in [0.4, 0.5) is 0 Å². The molecule has 0 amide bonds. The fourth-order valence-corrected chi connectivity index (χ4v) is 2.57. The molecule has 0 saturated carbocycles. The van der Waals surface area contributed by atoms with Gasteiger partial charge in [0.2, 0.25) is 0 Å². The van der Waals surface area contributed by atoms with Gasteiger partial charge in [-0.05, 0) is 0 Å². The zero-order valence-electron chi connectivity index (χ0n) is 12.0. The van der Waals surface area contributed by atoms with E-state index in [9.17, 15) is 35.7 Å². The number of aliphatic hydroxyl groups excluding tert-OH is 8. The van der Waals surface area contributed by atoms with Crippen molar-refractivity contribution < 1.29 is 55.1 Å². The Morgan fingerprint density at radius 3 is 1.83 bits per heavy atom. The molecule has 0 spiro atoms. The predicted octanol–water partition coefficient (Wildman–Crippen LogP) is -5.40. The molecule has 10 atom stereocenters. The molecule has 0 aromatic carbocycles. The first-order chi connectivity index (χ1) is 10.8. The Kier molecular flexibility index (Phi) is 6.27. The first-order valence-corrected chi connectivity index (χ1v) is 7.08. The van der Waals surface area contributed by atoms with Gasteiger partial charge in [0.15, 0.2) is 12.6 Å². The molecular weight excluding hydrogens is 320 g/mol. The van der Waals surface area contributed by atoms with Crippen molar-refractivity contribution in [3.8, 4) is 0 Å². The van der Waals surface area contributed by atoms with Gasteiger partial charge in [0.25, 0.3) is 0 Å². The minimum Gasteiger partial charge on any atom is -0.394 e. The Morgan fingerprint density at radius 2 is 1.26 bits per heavy atom. The quantitative estimate of drug-likeness (QED) is 0.243. The molecule has 2 aliphatic rings. The van der Waals surface area contributed by atoms with E-state index in [0.717, 1.165) is 0 Å². The van der Waals surface area contributed by atoms with Crippen molar-refractivity contribution in [2.24, 2.45) is 0 Å². The summed E-state index contributed by atoms with van der Waals surface area (Å²) < 4.78 is 15.3. The second kappa shape index (κ2) is 7.63. The number of aliphatic hydroxyl groups is 8. The summed E-state index contributed by atoms with van der Waals surface area (Å²) in [6.45, 7) is -1.35. The Bertz CT molecular complexity index is 378. The molecule has 0 aliphatic carbocycles. The van der Waals surface area contributed by atoms with E-state index in [0.29, 0.717) is 0 Å². The summed E-state index contributed by atoms with van der Waals surface area (Å²) in [4.78, 5) is 0. The van der Waals surface area contributed by atoms with E-state index in [-0.39, 0.29) is 0 Å². The van der Waals surface area contributed by atoms with Crippen LogP contribution in [0.1, 0.15) is 0 Å². The lowest BCUT2D eigenvalue weighted by atomic mass is 9.97. The largest absolute Gasteiger partial charge is 0.394 e. The predicted molar refractivity (Wildman–Crippen MR) is 68.6 cm³/mol. The van der Waals surface area contributed by atoms with Crippen LogP contribution in [-0.4, -0.2) is 115 Å². The van der Waals surface area contributed by atoms with Crippen LogP contribution >= 0.6 is 0 Å². The van der Waals surface area contributed by atoms with Crippen LogP contribution in [0, 0.1) is 0 Å². The van der Waals surface area contributed by atoms with Crippen molar-refractivity contribution in [3.05, 3.63) is 0 Å². The molecule has 2 saturated heterocycles. The molecule has 0 radical (unpaired) electrons. The highest BCUT2D eigenvalue weighted by Gasteiger charge is 2.50. The Morgan fingerprint density at radius 1 is 0.652 bits per heavy atom. The number of rotatable bonds is 4. The molecule has 23 heavy (non-hydrogen) atoms. The summed E-state index contributed by atoms with van der Waals surface area (Å²) in [6, 6.07) is 0. The molecule has 2 heterocycles. The fraction of sp³-hybridized carbons (Fsp3) is 1.00. The molecule has 2 fully saturated rings. The minimum atomic E-state index is -1.74. The summed E-state index contributed by atoms with van der Waals surface area (Å²) in [6.07, 6.45) is -15.6. The van der Waals surface area contributed by atoms with Gasteiger partial charge in [0, 0.05) is 0 Å². The lowest BCUT2D eigenvalue weighted by Gasteiger charge is -2.45. The van der Waals surface area contributed by atoms with Crippen molar-refractivity contribution in [1.29, 1.82) is 0 Å². The molecule has 0 aromatic rings. The third-order valence-electron chi connectivity index (χ3n) is 3.98. The Balaban J connectivity index is 2.11. The maximum atomic E-state index is 9.94. The summed E-state index contributed by atoms with van der Waals surface area (Å²) >= 11 is 0. The number of hydrogen-bond donors (Lipinski definition) is 8. The van der Waals surface area contributed by atoms with Crippen LogP contribution in [0.15, 0.2) is 0 Å². The molecule has 11 nitrogen and oxygen atoms in total. The van der Waals surface area contributed by atoms with E-state index in [1.807, 2.05) is 0 Å². The van der Waals surface area contributed by atoms with E-state index in [4.69, 9.17) is 19.3 Å².